The van der Waals surface area contributed by atoms with E-state index in [1.54, 1.807) is 31.2 Å². The number of ketones is 1. The Kier molecular flexibility index (Phi) is 5.58. The first kappa shape index (κ1) is 17.0. The van der Waals surface area contributed by atoms with Crippen LogP contribution in [0, 0.1) is 0 Å². The lowest BCUT2D eigenvalue weighted by Gasteiger charge is -2.05. The van der Waals surface area contributed by atoms with Crippen molar-refractivity contribution in [3.8, 4) is 0 Å². The molecule has 0 aliphatic heterocycles. The van der Waals surface area contributed by atoms with Crippen molar-refractivity contribution in [3.63, 3.8) is 0 Å². The number of benzene rings is 1. The second-order valence-corrected chi connectivity index (χ2v) is 6.18. The molecule has 0 aliphatic carbocycles. The molecule has 0 saturated heterocycles. The van der Waals surface area contributed by atoms with Crippen LogP contribution >= 0.6 is 31.9 Å². The lowest BCUT2D eigenvalue weighted by molar-refractivity contribution is 0.0526. The van der Waals surface area contributed by atoms with Crippen molar-refractivity contribution in [1.82, 2.24) is 4.98 Å². The number of rotatable bonds is 5. The number of hydrogen-bond donors (Lipinski definition) is 1. The van der Waals surface area contributed by atoms with E-state index in [2.05, 4.69) is 36.8 Å². The number of ether oxygens (including phenoxy) is 1. The average Bonchev–Trinajstić information content (AvgIpc) is 2.82. The van der Waals surface area contributed by atoms with Gasteiger partial charge in [0, 0.05) is 5.56 Å². The highest BCUT2D eigenvalue weighted by molar-refractivity contribution is 9.13. The Morgan fingerprint density at radius 3 is 2.50 bits per heavy atom. The van der Waals surface area contributed by atoms with Gasteiger partial charge in [0.15, 0.2) is 0 Å². The number of aromatic nitrogens is 1. The van der Waals surface area contributed by atoms with Crippen LogP contribution in [-0.4, -0.2) is 23.3 Å². The van der Waals surface area contributed by atoms with E-state index < -0.39 is 5.97 Å². The van der Waals surface area contributed by atoms with Crippen LogP contribution in [0.25, 0.3) is 0 Å². The smallest absolute Gasteiger partial charge is 0.338 e. The van der Waals surface area contributed by atoms with Gasteiger partial charge >= 0.3 is 5.97 Å². The molecule has 2 rings (SSSR count). The molecule has 0 spiro atoms. The van der Waals surface area contributed by atoms with Gasteiger partial charge in [0.05, 0.1) is 26.9 Å². The maximum atomic E-state index is 12.7. The van der Waals surface area contributed by atoms with E-state index in [0.29, 0.717) is 29.8 Å². The molecule has 0 aliphatic rings. The number of aromatic amines is 1. The van der Waals surface area contributed by atoms with Crippen molar-refractivity contribution < 1.29 is 14.3 Å². The number of halogens is 2. The highest BCUT2D eigenvalue weighted by Gasteiger charge is 2.20. The van der Waals surface area contributed by atoms with Crippen molar-refractivity contribution in [3.05, 3.63) is 55.7 Å². The lowest BCUT2D eigenvalue weighted by Crippen LogP contribution is -2.09. The predicted octanol–water partition coefficient (Wildman–Crippen LogP) is 4.51. The molecular weight excluding hydrogens is 414 g/mol. The van der Waals surface area contributed by atoms with E-state index in [9.17, 15) is 9.59 Å². The second kappa shape index (κ2) is 7.24. The van der Waals surface area contributed by atoms with Gasteiger partial charge in [-0.3, -0.25) is 4.79 Å². The van der Waals surface area contributed by atoms with Crippen molar-refractivity contribution in [2.75, 3.05) is 6.61 Å². The largest absolute Gasteiger partial charge is 0.462 e. The molecule has 116 valence electrons. The fraction of sp³-hybridized carbons (Fsp3) is 0.250. The van der Waals surface area contributed by atoms with Gasteiger partial charge < -0.3 is 9.72 Å². The Bertz CT molecular complexity index is 722. The van der Waals surface area contributed by atoms with Crippen molar-refractivity contribution in [2.24, 2.45) is 0 Å². The normalized spacial score (nSPS) is 10.5. The molecule has 0 saturated carbocycles. The van der Waals surface area contributed by atoms with Gasteiger partial charge in [0.2, 0.25) is 5.78 Å². The first-order valence-electron chi connectivity index (χ1n) is 6.87. The summed E-state index contributed by atoms with van der Waals surface area (Å²) in [6.45, 7) is 4.02. The number of carbonyl (C=O) groups is 2. The van der Waals surface area contributed by atoms with Crippen molar-refractivity contribution >= 4 is 43.6 Å². The van der Waals surface area contributed by atoms with E-state index in [1.165, 1.54) is 0 Å². The van der Waals surface area contributed by atoms with E-state index in [4.69, 9.17) is 4.74 Å². The van der Waals surface area contributed by atoms with E-state index in [1.807, 2.05) is 6.92 Å². The predicted molar refractivity (Wildman–Crippen MR) is 91.4 cm³/mol. The fourth-order valence-electron chi connectivity index (χ4n) is 2.15. The molecule has 1 heterocycles. The van der Waals surface area contributed by atoms with Crippen LogP contribution in [0.4, 0.5) is 0 Å². The molecule has 1 aromatic carbocycles. The van der Waals surface area contributed by atoms with Gasteiger partial charge in [-0.05, 0) is 62.9 Å². The van der Waals surface area contributed by atoms with Crippen molar-refractivity contribution in [2.45, 2.75) is 20.3 Å². The molecule has 2 aromatic rings. The topological polar surface area (TPSA) is 59.2 Å². The standard InChI is InChI=1S/C16H15Br2NO3/c1-3-11-12(17)15(18)19-13(11)14(20)9-6-5-7-10(8-9)16(21)22-4-2/h5-8,19H,3-4H2,1-2H3. The van der Waals surface area contributed by atoms with Gasteiger partial charge in [-0.15, -0.1) is 0 Å². The van der Waals surface area contributed by atoms with Crippen LogP contribution < -0.4 is 0 Å². The molecular formula is C16H15Br2NO3. The third-order valence-electron chi connectivity index (χ3n) is 3.21. The summed E-state index contributed by atoms with van der Waals surface area (Å²) in [4.78, 5) is 27.5. The molecule has 6 heteroatoms. The van der Waals surface area contributed by atoms with Crippen LogP contribution in [0.1, 0.15) is 45.8 Å². The van der Waals surface area contributed by atoms with E-state index in [-0.39, 0.29) is 5.78 Å². The maximum Gasteiger partial charge on any atom is 0.338 e. The molecule has 0 unspecified atom stereocenters. The third kappa shape index (κ3) is 3.33. The summed E-state index contributed by atoms with van der Waals surface area (Å²) in [6, 6.07) is 6.56. The number of hydrogen-bond acceptors (Lipinski definition) is 3. The van der Waals surface area contributed by atoms with Crippen LogP contribution in [0.2, 0.25) is 0 Å². The second-order valence-electron chi connectivity index (χ2n) is 4.59. The van der Waals surface area contributed by atoms with Gasteiger partial charge in [0.25, 0.3) is 0 Å². The first-order valence-corrected chi connectivity index (χ1v) is 8.45. The molecule has 1 N–H and O–H groups in total. The molecule has 22 heavy (non-hydrogen) atoms. The van der Waals surface area contributed by atoms with Crippen LogP contribution in [0.15, 0.2) is 33.3 Å². The fourth-order valence-corrected chi connectivity index (χ4v) is 3.17. The van der Waals surface area contributed by atoms with E-state index >= 15 is 0 Å². The molecule has 0 bridgehead atoms. The van der Waals surface area contributed by atoms with Gasteiger partial charge in [-0.1, -0.05) is 19.1 Å². The SMILES string of the molecule is CCOC(=O)c1cccc(C(=O)c2[nH]c(Br)c(Br)c2CC)c1. The van der Waals surface area contributed by atoms with Gasteiger partial charge in [-0.25, -0.2) is 4.79 Å². The van der Waals surface area contributed by atoms with Crippen molar-refractivity contribution in [1.29, 1.82) is 0 Å². The van der Waals surface area contributed by atoms with E-state index in [0.717, 1.165) is 14.6 Å². The summed E-state index contributed by atoms with van der Waals surface area (Å²) < 4.78 is 6.54. The summed E-state index contributed by atoms with van der Waals surface area (Å²) >= 11 is 6.83. The Hall–Kier alpha value is -1.40. The lowest BCUT2D eigenvalue weighted by atomic mass is 10.0. The Labute approximate surface area is 145 Å². The van der Waals surface area contributed by atoms with Gasteiger partial charge in [-0.2, -0.15) is 0 Å². The minimum Gasteiger partial charge on any atom is -0.462 e. The number of esters is 1. The Balaban J connectivity index is 2.40. The number of carbonyl (C=O) groups excluding carboxylic acids is 2. The third-order valence-corrected chi connectivity index (χ3v) is 5.21. The average molecular weight is 429 g/mol. The number of H-pyrrole nitrogens is 1. The summed E-state index contributed by atoms with van der Waals surface area (Å²) in [6.07, 6.45) is 0.710. The zero-order valence-corrected chi connectivity index (χ0v) is 15.4. The zero-order chi connectivity index (χ0) is 16.3. The Morgan fingerprint density at radius 1 is 1.18 bits per heavy atom. The monoisotopic (exact) mass is 427 g/mol. The highest BCUT2D eigenvalue weighted by Crippen LogP contribution is 2.31. The Morgan fingerprint density at radius 2 is 1.86 bits per heavy atom. The van der Waals surface area contributed by atoms with Crippen LogP contribution in [0.3, 0.4) is 0 Å². The maximum absolute atomic E-state index is 12.7. The number of nitrogens with one attached hydrogen (secondary N) is 1. The minimum atomic E-state index is -0.429. The molecule has 1 aromatic heterocycles. The molecule has 4 nitrogen and oxygen atoms in total. The summed E-state index contributed by atoms with van der Waals surface area (Å²) in [5.41, 5.74) is 2.23. The highest BCUT2D eigenvalue weighted by atomic mass is 79.9. The van der Waals surface area contributed by atoms with Crippen LogP contribution in [-0.2, 0) is 11.2 Å². The molecule has 0 amide bonds. The summed E-state index contributed by atoms with van der Waals surface area (Å²) in [5.74, 6) is -0.587. The minimum absolute atomic E-state index is 0.158. The molecule has 0 radical (unpaired) electrons. The van der Waals surface area contributed by atoms with Gasteiger partial charge in [0.1, 0.15) is 0 Å². The first-order chi connectivity index (χ1) is 10.5. The quantitative estimate of drug-likeness (QED) is 0.562. The summed E-state index contributed by atoms with van der Waals surface area (Å²) in [5, 5.41) is 0. The molecule has 0 atom stereocenters. The zero-order valence-electron chi connectivity index (χ0n) is 12.2. The van der Waals surface area contributed by atoms with Crippen LogP contribution in [0.5, 0.6) is 0 Å². The summed E-state index contributed by atoms with van der Waals surface area (Å²) in [7, 11) is 0. The molecule has 0 fully saturated rings.